The molecule has 2 atom stereocenters. The summed E-state index contributed by atoms with van der Waals surface area (Å²) in [6, 6.07) is 22.8. The summed E-state index contributed by atoms with van der Waals surface area (Å²) < 4.78 is 13.6. The molecule has 1 aliphatic heterocycles. The lowest BCUT2D eigenvalue weighted by atomic mass is 9.50. The van der Waals surface area contributed by atoms with E-state index in [1.807, 2.05) is 47.4 Å². The van der Waals surface area contributed by atoms with Crippen LogP contribution >= 0.6 is 0 Å². The van der Waals surface area contributed by atoms with Gasteiger partial charge in [0.25, 0.3) is 5.91 Å². The number of rotatable bonds is 6. The summed E-state index contributed by atoms with van der Waals surface area (Å²) in [7, 11) is 0. The van der Waals surface area contributed by atoms with Crippen molar-refractivity contribution in [1.82, 2.24) is 15.5 Å². The third-order valence-corrected chi connectivity index (χ3v) is 9.53. The lowest BCUT2D eigenvalue weighted by molar-refractivity contribution is -0.132. The number of benzene rings is 3. The van der Waals surface area contributed by atoms with Crippen molar-refractivity contribution in [3.63, 3.8) is 0 Å². The fourth-order valence-electron chi connectivity index (χ4n) is 8.31. The van der Waals surface area contributed by atoms with Gasteiger partial charge in [-0.1, -0.05) is 48.5 Å². The molecule has 0 radical (unpaired) electrons. The number of hydrogen-bond donors (Lipinski definition) is 2. The largest absolute Gasteiger partial charge is 0.347 e. The molecule has 6 heteroatoms. The van der Waals surface area contributed by atoms with Crippen LogP contribution in [-0.4, -0.2) is 34.3 Å². The molecule has 4 fully saturated rings. The zero-order valence-electron chi connectivity index (χ0n) is 22.1. The predicted molar refractivity (Wildman–Crippen MR) is 148 cm³/mol. The van der Waals surface area contributed by atoms with E-state index >= 15 is 0 Å². The SMILES string of the molecule is O=C(NC12CC3CC(CC(NCC(=O)N4Cc5ccc(F)cc5C4)(C3)C1)C2)c1cccc(-c2ccccc2)c1. The monoisotopic (exact) mass is 523 g/mol. The van der Waals surface area contributed by atoms with Gasteiger partial charge in [-0.25, -0.2) is 4.39 Å². The Morgan fingerprint density at radius 2 is 1.54 bits per heavy atom. The van der Waals surface area contributed by atoms with Crippen molar-refractivity contribution < 1.29 is 14.0 Å². The van der Waals surface area contributed by atoms with Gasteiger partial charge < -0.3 is 15.5 Å². The highest BCUT2D eigenvalue weighted by Crippen LogP contribution is 2.57. The molecular formula is C33H34FN3O2. The summed E-state index contributed by atoms with van der Waals surface area (Å²) in [4.78, 5) is 28.6. The second-order valence-electron chi connectivity index (χ2n) is 12.4. The van der Waals surface area contributed by atoms with Gasteiger partial charge in [-0.05, 0) is 96.9 Å². The van der Waals surface area contributed by atoms with E-state index in [-0.39, 0.29) is 35.3 Å². The summed E-state index contributed by atoms with van der Waals surface area (Å²) in [6.45, 7) is 1.28. The van der Waals surface area contributed by atoms with Gasteiger partial charge in [-0.3, -0.25) is 9.59 Å². The molecule has 0 aromatic heterocycles. The van der Waals surface area contributed by atoms with Crippen molar-refractivity contribution in [3.8, 4) is 11.1 Å². The van der Waals surface area contributed by atoms with Crippen molar-refractivity contribution >= 4 is 11.8 Å². The first-order valence-electron chi connectivity index (χ1n) is 14.2. The molecule has 39 heavy (non-hydrogen) atoms. The molecule has 8 rings (SSSR count). The average Bonchev–Trinajstić information content (AvgIpc) is 3.35. The molecule has 3 aromatic rings. The molecular weight excluding hydrogens is 489 g/mol. The summed E-state index contributed by atoms with van der Waals surface area (Å²) in [5.74, 6) is 0.905. The van der Waals surface area contributed by atoms with Crippen molar-refractivity contribution in [1.29, 1.82) is 0 Å². The highest BCUT2D eigenvalue weighted by Gasteiger charge is 2.58. The van der Waals surface area contributed by atoms with Crippen LogP contribution in [0.15, 0.2) is 72.8 Å². The highest BCUT2D eigenvalue weighted by atomic mass is 19.1. The summed E-state index contributed by atoms with van der Waals surface area (Å²) in [5.41, 5.74) is 4.39. The molecule has 2 unspecified atom stereocenters. The molecule has 2 N–H and O–H groups in total. The van der Waals surface area contributed by atoms with Crippen LogP contribution in [0.25, 0.3) is 11.1 Å². The number of carbonyl (C=O) groups excluding carboxylic acids is 2. The Kier molecular flexibility index (Phi) is 5.85. The molecule has 200 valence electrons. The second-order valence-corrected chi connectivity index (χ2v) is 12.4. The van der Waals surface area contributed by atoms with Gasteiger partial charge in [0.2, 0.25) is 5.91 Å². The van der Waals surface area contributed by atoms with Gasteiger partial charge in [0.05, 0.1) is 6.54 Å². The highest BCUT2D eigenvalue weighted by molar-refractivity contribution is 5.96. The Balaban J connectivity index is 1.04. The van der Waals surface area contributed by atoms with Gasteiger partial charge >= 0.3 is 0 Å². The zero-order chi connectivity index (χ0) is 26.6. The second kappa shape index (κ2) is 9.30. The number of fused-ring (bicyclic) bond motifs is 1. The molecule has 5 nitrogen and oxygen atoms in total. The predicted octanol–water partition coefficient (Wildman–Crippen LogP) is 5.45. The third kappa shape index (κ3) is 4.65. The maximum Gasteiger partial charge on any atom is 0.251 e. The number of amides is 2. The maximum absolute atomic E-state index is 13.6. The molecule has 0 spiro atoms. The minimum absolute atomic E-state index is 0.0111. The van der Waals surface area contributed by atoms with E-state index in [0.29, 0.717) is 30.5 Å². The van der Waals surface area contributed by atoms with E-state index < -0.39 is 0 Å². The smallest absolute Gasteiger partial charge is 0.251 e. The molecule has 3 aromatic carbocycles. The third-order valence-electron chi connectivity index (χ3n) is 9.53. The number of nitrogens with one attached hydrogen (secondary N) is 2. The van der Waals surface area contributed by atoms with E-state index in [9.17, 15) is 14.0 Å². The normalized spacial score (nSPS) is 28.4. The molecule has 4 saturated carbocycles. The fraction of sp³-hybridized carbons (Fsp3) is 0.394. The first kappa shape index (κ1) is 24.5. The van der Waals surface area contributed by atoms with Crippen LogP contribution in [0, 0.1) is 17.7 Å². The van der Waals surface area contributed by atoms with Crippen molar-refractivity contribution in [3.05, 3.63) is 95.3 Å². The molecule has 2 amide bonds. The minimum Gasteiger partial charge on any atom is -0.347 e. The lowest BCUT2D eigenvalue weighted by Gasteiger charge is -2.62. The van der Waals surface area contributed by atoms with Gasteiger partial charge in [0.15, 0.2) is 0 Å². The van der Waals surface area contributed by atoms with Gasteiger partial charge in [-0.2, -0.15) is 0 Å². The number of halogens is 1. The molecule has 1 heterocycles. The quantitative estimate of drug-likeness (QED) is 0.452. The van der Waals surface area contributed by atoms with Gasteiger partial charge in [-0.15, -0.1) is 0 Å². The summed E-state index contributed by atoms with van der Waals surface area (Å²) in [6.07, 6.45) is 6.21. The maximum atomic E-state index is 13.6. The first-order valence-corrected chi connectivity index (χ1v) is 14.2. The van der Waals surface area contributed by atoms with E-state index in [2.05, 4.69) is 22.8 Å². The Hall–Kier alpha value is -3.51. The Labute approximate surface area is 228 Å². The van der Waals surface area contributed by atoms with Gasteiger partial charge in [0.1, 0.15) is 5.82 Å². The fourth-order valence-corrected chi connectivity index (χ4v) is 8.31. The standard InChI is InChI=1S/C33H34FN3O2/c34-29-10-9-27-19-37(20-28(27)13-29)30(38)18-35-32-14-22-11-23(15-32)17-33(16-22,21-32)36-31(39)26-8-4-7-25(12-26)24-5-2-1-3-6-24/h1-10,12-13,22-23,35H,11,14-21H2,(H,36,39). The van der Waals surface area contributed by atoms with Crippen LogP contribution in [0.1, 0.15) is 60.0 Å². The summed E-state index contributed by atoms with van der Waals surface area (Å²) >= 11 is 0. The van der Waals surface area contributed by atoms with Crippen LogP contribution < -0.4 is 10.6 Å². The molecule has 4 aliphatic carbocycles. The Morgan fingerprint density at radius 3 is 2.33 bits per heavy atom. The summed E-state index contributed by atoms with van der Waals surface area (Å²) in [5, 5.41) is 7.19. The molecule has 4 bridgehead atoms. The number of nitrogens with zero attached hydrogens (tertiary/aromatic N) is 1. The van der Waals surface area contributed by atoms with Crippen LogP contribution in [0.5, 0.6) is 0 Å². The van der Waals surface area contributed by atoms with Crippen molar-refractivity contribution in [2.75, 3.05) is 6.54 Å². The van der Waals surface area contributed by atoms with Crippen LogP contribution in [0.2, 0.25) is 0 Å². The molecule has 5 aliphatic rings. The van der Waals surface area contributed by atoms with Crippen LogP contribution in [0.3, 0.4) is 0 Å². The van der Waals surface area contributed by atoms with Crippen molar-refractivity contribution in [2.24, 2.45) is 11.8 Å². The van der Waals surface area contributed by atoms with Crippen LogP contribution in [-0.2, 0) is 17.9 Å². The van der Waals surface area contributed by atoms with Gasteiger partial charge in [0, 0.05) is 29.7 Å². The first-order chi connectivity index (χ1) is 18.9. The van der Waals surface area contributed by atoms with E-state index in [0.717, 1.165) is 54.4 Å². The number of carbonyl (C=O) groups is 2. The van der Waals surface area contributed by atoms with Crippen molar-refractivity contribution in [2.45, 2.75) is 62.7 Å². The topological polar surface area (TPSA) is 61.4 Å². The van der Waals surface area contributed by atoms with Crippen LogP contribution in [0.4, 0.5) is 4.39 Å². The average molecular weight is 524 g/mol. The molecule has 0 saturated heterocycles. The minimum atomic E-state index is -0.256. The van der Waals surface area contributed by atoms with E-state index in [1.54, 1.807) is 6.07 Å². The Morgan fingerprint density at radius 1 is 0.821 bits per heavy atom. The Bertz CT molecular complexity index is 1420. The number of hydrogen-bond acceptors (Lipinski definition) is 3. The zero-order valence-corrected chi connectivity index (χ0v) is 22.1. The lowest BCUT2D eigenvalue weighted by Crippen LogP contribution is -2.69. The van der Waals surface area contributed by atoms with E-state index in [1.165, 1.54) is 18.6 Å². The van der Waals surface area contributed by atoms with E-state index in [4.69, 9.17) is 0 Å².